The van der Waals surface area contributed by atoms with E-state index >= 15 is 0 Å². The van der Waals surface area contributed by atoms with E-state index in [2.05, 4.69) is 28.4 Å². The van der Waals surface area contributed by atoms with Crippen LogP contribution in [0, 0.1) is 11.8 Å². The molecule has 188 valence electrons. The number of hydrogen-bond acceptors (Lipinski definition) is 4. The Morgan fingerprint density at radius 1 is 1.03 bits per heavy atom. The van der Waals surface area contributed by atoms with Gasteiger partial charge in [-0.25, -0.2) is 0 Å². The number of likely N-dealkylation sites (tertiary alicyclic amines) is 1. The van der Waals surface area contributed by atoms with E-state index in [0.717, 1.165) is 37.2 Å². The van der Waals surface area contributed by atoms with Crippen LogP contribution in [0.15, 0.2) is 18.2 Å². The second kappa shape index (κ2) is 9.75. The maximum Gasteiger partial charge on any atom is 0.119 e. The first-order chi connectivity index (χ1) is 16.7. The zero-order valence-electron chi connectivity index (χ0n) is 21.5. The van der Waals surface area contributed by atoms with E-state index in [1.54, 1.807) is 11.1 Å². The molecule has 4 fully saturated rings. The third-order valence-electron chi connectivity index (χ3n) is 10.2. The minimum atomic E-state index is -0.0374. The molecule has 1 aromatic carbocycles. The molecule has 0 radical (unpaired) electrons. The van der Waals surface area contributed by atoms with Crippen LogP contribution in [0.2, 0.25) is 0 Å². The van der Waals surface area contributed by atoms with Gasteiger partial charge in [-0.05, 0) is 119 Å². The first-order valence-electron chi connectivity index (χ1n) is 14.5. The smallest absolute Gasteiger partial charge is 0.119 e. The number of nitrogens with one attached hydrogen (secondary N) is 1. The molecule has 3 aliphatic carbocycles. The Labute approximate surface area is 207 Å². The van der Waals surface area contributed by atoms with Gasteiger partial charge in [0, 0.05) is 24.6 Å². The molecule has 0 aromatic heterocycles. The third-order valence-corrected chi connectivity index (χ3v) is 10.2. The second-order valence-corrected chi connectivity index (χ2v) is 12.2. The van der Waals surface area contributed by atoms with Crippen LogP contribution in [-0.4, -0.2) is 56.4 Å². The van der Waals surface area contributed by atoms with E-state index in [-0.39, 0.29) is 11.0 Å². The molecule has 2 saturated carbocycles. The van der Waals surface area contributed by atoms with Crippen LogP contribution in [-0.2, 0) is 16.6 Å². The summed E-state index contributed by atoms with van der Waals surface area (Å²) in [6, 6.07) is 7.49. The average molecular weight is 467 g/mol. The Kier molecular flexibility index (Phi) is 6.68. The van der Waals surface area contributed by atoms with E-state index in [0.29, 0.717) is 6.04 Å². The van der Waals surface area contributed by atoms with Gasteiger partial charge in [0.15, 0.2) is 0 Å². The molecule has 2 saturated heterocycles. The Hall–Kier alpha value is -1.10. The van der Waals surface area contributed by atoms with Crippen LogP contribution < -0.4 is 10.1 Å². The van der Waals surface area contributed by atoms with Gasteiger partial charge in [0.1, 0.15) is 5.75 Å². The van der Waals surface area contributed by atoms with Crippen LogP contribution >= 0.6 is 0 Å². The van der Waals surface area contributed by atoms with Crippen molar-refractivity contribution in [2.75, 3.05) is 39.9 Å². The third kappa shape index (κ3) is 4.12. The lowest BCUT2D eigenvalue weighted by atomic mass is 9.51. The minimum absolute atomic E-state index is 0.0374. The van der Waals surface area contributed by atoms with Crippen LogP contribution in [0.3, 0.4) is 0 Å². The number of rotatable bonds is 8. The van der Waals surface area contributed by atoms with Crippen molar-refractivity contribution in [1.82, 2.24) is 10.2 Å². The fourth-order valence-electron chi connectivity index (χ4n) is 8.26. The standard InChI is InChI=1S/C30H46N2O2/c1-33-26-12-11-25-19-28-30(13-5-6-18-34-30)29(27(25)20-26,15-17-32(28)22-24-9-10-24)14-16-31-21-23-7-3-2-4-8-23/h11-12,20,23-24,28,31H,2-10,13-19,21-22H2,1H3/t28-,29+,30-/m1/s1. The highest BCUT2D eigenvalue weighted by Crippen LogP contribution is 2.58. The summed E-state index contributed by atoms with van der Waals surface area (Å²) < 4.78 is 12.8. The summed E-state index contributed by atoms with van der Waals surface area (Å²) in [5.41, 5.74) is 3.17. The molecule has 3 atom stereocenters. The summed E-state index contributed by atoms with van der Waals surface area (Å²) in [4.78, 5) is 2.86. The van der Waals surface area contributed by atoms with E-state index in [4.69, 9.17) is 9.47 Å². The van der Waals surface area contributed by atoms with Crippen LogP contribution in [0.5, 0.6) is 5.75 Å². The zero-order chi connectivity index (χ0) is 23.0. The normalized spacial score (nSPS) is 34.2. The van der Waals surface area contributed by atoms with Crippen molar-refractivity contribution in [2.45, 2.75) is 101 Å². The zero-order valence-corrected chi connectivity index (χ0v) is 21.5. The van der Waals surface area contributed by atoms with Crippen molar-refractivity contribution in [2.24, 2.45) is 11.8 Å². The SMILES string of the molecule is COc1ccc2c(c1)[C@]1(CCNCC3CCCCC3)CCN(CC3CC3)[C@H](C2)[C@]12CCCCO2. The molecule has 0 unspecified atom stereocenters. The first-order valence-corrected chi connectivity index (χ1v) is 14.5. The van der Waals surface area contributed by atoms with Crippen molar-refractivity contribution in [3.05, 3.63) is 29.3 Å². The highest BCUT2D eigenvalue weighted by molar-refractivity contribution is 5.48. The molecular formula is C30H46N2O2. The van der Waals surface area contributed by atoms with Gasteiger partial charge in [0.25, 0.3) is 0 Å². The number of fused-ring (bicyclic) bond motifs is 2. The highest BCUT2D eigenvalue weighted by atomic mass is 16.5. The van der Waals surface area contributed by atoms with Gasteiger partial charge in [0.2, 0.25) is 0 Å². The molecule has 0 amide bonds. The molecule has 34 heavy (non-hydrogen) atoms. The largest absolute Gasteiger partial charge is 0.497 e. The second-order valence-electron chi connectivity index (χ2n) is 12.2. The number of methoxy groups -OCH3 is 1. The molecule has 2 heterocycles. The molecule has 4 heteroatoms. The molecule has 1 spiro atoms. The van der Waals surface area contributed by atoms with Gasteiger partial charge in [-0.2, -0.15) is 0 Å². The molecule has 6 rings (SSSR count). The lowest BCUT2D eigenvalue weighted by molar-refractivity contribution is -0.204. The quantitative estimate of drug-likeness (QED) is 0.515. The summed E-state index contributed by atoms with van der Waals surface area (Å²) in [6.07, 6.45) is 17.3. The molecular weight excluding hydrogens is 420 g/mol. The fourth-order valence-corrected chi connectivity index (χ4v) is 8.26. The van der Waals surface area contributed by atoms with Crippen molar-refractivity contribution < 1.29 is 9.47 Å². The molecule has 1 N–H and O–H groups in total. The predicted molar refractivity (Wildman–Crippen MR) is 138 cm³/mol. The maximum absolute atomic E-state index is 7.08. The summed E-state index contributed by atoms with van der Waals surface area (Å²) in [5.74, 6) is 2.83. The fraction of sp³-hybridized carbons (Fsp3) is 0.800. The average Bonchev–Trinajstić information content (AvgIpc) is 3.70. The van der Waals surface area contributed by atoms with Gasteiger partial charge in [0.05, 0.1) is 12.7 Å². The van der Waals surface area contributed by atoms with Gasteiger partial charge < -0.3 is 14.8 Å². The van der Waals surface area contributed by atoms with E-state index in [1.165, 1.54) is 96.7 Å². The van der Waals surface area contributed by atoms with E-state index < -0.39 is 0 Å². The molecule has 4 nitrogen and oxygen atoms in total. The number of piperidine rings is 1. The topological polar surface area (TPSA) is 33.7 Å². The molecule has 5 aliphatic rings. The summed E-state index contributed by atoms with van der Waals surface area (Å²) >= 11 is 0. The monoisotopic (exact) mass is 466 g/mol. The van der Waals surface area contributed by atoms with Crippen LogP contribution in [0.1, 0.15) is 88.2 Å². The summed E-state index contributed by atoms with van der Waals surface area (Å²) in [6.45, 7) is 5.76. The Balaban J connectivity index is 1.32. The lowest BCUT2D eigenvalue weighted by Crippen LogP contribution is -2.73. The van der Waals surface area contributed by atoms with Crippen molar-refractivity contribution >= 4 is 0 Å². The van der Waals surface area contributed by atoms with E-state index in [9.17, 15) is 0 Å². The Morgan fingerprint density at radius 3 is 2.68 bits per heavy atom. The number of benzene rings is 1. The van der Waals surface area contributed by atoms with Crippen LogP contribution in [0.4, 0.5) is 0 Å². The minimum Gasteiger partial charge on any atom is -0.497 e. The number of ether oxygens (including phenoxy) is 2. The van der Waals surface area contributed by atoms with Crippen molar-refractivity contribution in [3.63, 3.8) is 0 Å². The van der Waals surface area contributed by atoms with Crippen LogP contribution in [0.25, 0.3) is 0 Å². The number of nitrogens with zero attached hydrogens (tertiary/aromatic N) is 1. The maximum atomic E-state index is 7.08. The van der Waals surface area contributed by atoms with Crippen molar-refractivity contribution in [3.8, 4) is 5.75 Å². The van der Waals surface area contributed by atoms with E-state index in [1.807, 2.05) is 7.11 Å². The summed E-state index contributed by atoms with van der Waals surface area (Å²) in [5, 5.41) is 3.93. The Morgan fingerprint density at radius 2 is 1.91 bits per heavy atom. The molecule has 1 aromatic rings. The van der Waals surface area contributed by atoms with Gasteiger partial charge in [-0.3, -0.25) is 4.90 Å². The Bertz CT molecular complexity index is 840. The molecule has 2 aliphatic heterocycles. The highest BCUT2D eigenvalue weighted by Gasteiger charge is 2.64. The number of hydrogen-bond donors (Lipinski definition) is 1. The molecule has 2 bridgehead atoms. The van der Waals surface area contributed by atoms with Gasteiger partial charge in [-0.15, -0.1) is 0 Å². The van der Waals surface area contributed by atoms with Crippen molar-refractivity contribution in [1.29, 1.82) is 0 Å². The lowest BCUT2D eigenvalue weighted by Gasteiger charge is -2.65. The summed E-state index contributed by atoms with van der Waals surface area (Å²) in [7, 11) is 1.82. The van der Waals surface area contributed by atoms with Gasteiger partial charge >= 0.3 is 0 Å². The first kappa shape index (κ1) is 23.3. The predicted octanol–water partition coefficient (Wildman–Crippen LogP) is 5.47. The van der Waals surface area contributed by atoms with Gasteiger partial charge in [-0.1, -0.05) is 25.3 Å².